The lowest BCUT2D eigenvalue weighted by Gasteiger charge is -2.14. The van der Waals surface area contributed by atoms with Crippen molar-refractivity contribution in [3.63, 3.8) is 0 Å². The lowest BCUT2D eigenvalue weighted by Crippen LogP contribution is -2.26. The lowest BCUT2D eigenvalue weighted by atomic mass is 10.1. The van der Waals surface area contributed by atoms with Gasteiger partial charge in [0.15, 0.2) is 0 Å². The van der Waals surface area contributed by atoms with Crippen molar-refractivity contribution in [1.29, 1.82) is 0 Å². The maximum atomic E-state index is 12.5. The largest absolute Gasteiger partial charge is 0.390 e. The standard InChI is InChI=1S/C21H25N3O3/c1-2-8-17-13-18(27-23-17)14-22-20-12-7-6-11-19(20)21(25)24-26-15-16-9-4-3-5-10-16/h3-7,9-12,18,22H,2,8,13-15H2,1H3,(H,24,25). The molecule has 2 aromatic rings. The summed E-state index contributed by atoms with van der Waals surface area (Å²) in [6.07, 6.45) is 2.86. The Labute approximate surface area is 159 Å². The first kappa shape index (κ1) is 18.9. The first-order valence-electron chi connectivity index (χ1n) is 9.26. The molecule has 1 unspecified atom stereocenters. The molecule has 0 radical (unpaired) electrons. The van der Waals surface area contributed by atoms with Gasteiger partial charge >= 0.3 is 0 Å². The Morgan fingerprint density at radius 3 is 2.78 bits per heavy atom. The summed E-state index contributed by atoms with van der Waals surface area (Å²) in [5, 5.41) is 7.42. The molecule has 3 rings (SSSR count). The average Bonchev–Trinajstić information content (AvgIpc) is 3.15. The predicted molar refractivity (Wildman–Crippen MR) is 105 cm³/mol. The van der Waals surface area contributed by atoms with Gasteiger partial charge < -0.3 is 10.2 Å². The van der Waals surface area contributed by atoms with E-state index in [1.54, 1.807) is 6.07 Å². The zero-order chi connectivity index (χ0) is 18.9. The van der Waals surface area contributed by atoms with Crippen molar-refractivity contribution in [2.24, 2.45) is 5.16 Å². The van der Waals surface area contributed by atoms with E-state index in [0.29, 0.717) is 18.7 Å². The lowest BCUT2D eigenvalue weighted by molar-refractivity contribution is 0.0234. The fourth-order valence-corrected chi connectivity index (χ4v) is 2.91. The number of nitrogens with one attached hydrogen (secondary N) is 2. The molecule has 0 spiro atoms. The predicted octanol–water partition coefficient (Wildman–Crippen LogP) is 3.91. The zero-order valence-electron chi connectivity index (χ0n) is 15.5. The van der Waals surface area contributed by atoms with E-state index in [-0.39, 0.29) is 12.0 Å². The molecule has 2 N–H and O–H groups in total. The number of hydrogen-bond acceptors (Lipinski definition) is 5. The molecule has 0 bridgehead atoms. The van der Waals surface area contributed by atoms with Crippen LogP contribution < -0.4 is 10.8 Å². The smallest absolute Gasteiger partial charge is 0.276 e. The number of anilines is 1. The van der Waals surface area contributed by atoms with Gasteiger partial charge in [-0.05, 0) is 24.1 Å². The van der Waals surface area contributed by atoms with Crippen LogP contribution in [0.1, 0.15) is 42.1 Å². The van der Waals surface area contributed by atoms with Gasteiger partial charge in [-0.2, -0.15) is 0 Å². The van der Waals surface area contributed by atoms with E-state index in [1.165, 1.54) is 0 Å². The monoisotopic (exact) mass is 367 g/mol. The van der Waals surface area contributed by atoms with Crippen LogP contribution in [0.5, 0.6) is 0 Å². The van der Waals surface area contributed by atoms with E-state index < -0.39 is 0 Å². The minimum Gasteiger partial charge on any atom is -0.390 e. The van der Waals surface area contributed by atoms with Gasteiger partial charge in [0, 0.05) is 12.1 Å². The Morgan fingerprint density at radius 1 is 1.19 bits per heavy atom. The second-order valence-corrected chi connectivity index (χ2v) is 6.47. The van der Waals surface area contributed by atoms with Gasteiger partial charge in [0.2, 0.25) is 0 Å². The summed E-state index contributed by atoms with van der Waals surface area (Å²) in [5.41, 5.74) is 5.87. The first-order valence-corrected chi connectivity index (χ1v) is 9.26. The number of amides is 1. The van der Waals surface area contributed by atoms with Crippen molar-refractivity contribution in [2.45, 2.75) is 38.9 Å². The van der Waals surface area contributed by atoms with Gasteiger partial charge in [-0.1, -0.05) is 61.0 Å². The SMILES string of the molecule is CCCC1=NOC(CNc2ccccc2C(=O)NOCc2ccccc2)C1. The topological polar surface area (TPSA) is 72.0 Å². The minimum atomic E-state index is -0.288. The van der Waals surface area contributed by atoms with Crippen LogP contribution in [0, 0.1) is 0 Å². The van der Waals surface area contributed by atoms with E-state index in [0.717, 1.165) is 36.2 Å². The van der Waals surface area contributed by atoms with Crippen LogP contribution in [0.4, 0.5) is 5.69 Å². The van der Waals surface area contributed by atoms with Gasteiger partial charge in [-0.3, -0.25) is 9.63 Å². The highest BCUT2D eigenvalue weighted by Crippen LogP contribution is 2.18. The zero-order valence-corrected chi connectivity index (χ0v) is 15.5. The van der Waals surface area contributed by atoms with Crippen molar-refractivity contribution in [2.75, 3.05) is 11.9 Å². The molecule has 1 aliphatic rings. The number of para-hydroxylation sites is 1. The average molecular weight is 367 g/mol. The number of rotatable bonds is 9. The van der Waals surface area contributed by atoms with Gasteiger partial charge in [0.25, 0.3) is 5.91 Å². The van der Waals surface area contributed by atoms with Crippen LogP contribution >= 0.6 is 0 Å². The van der Waals surface area contributed by atoms with Gasteiger partial charge in [-0.15, -0.1) is 0 Å². The number of oxime groups is 1. The van der Waals surface area contributed by atoms with E-state index >= 15 is 0 Å². The summed E-state index contributed by atoms with van der Waals surface area (Å²) in [6, 6.07) is 17.0. The third-order valence-corrected chi connectivity index (χ3v) is 4.27. The molecule has 1 atom stereocenters. The van der Waals surface area contributed by atoms with E-state index in [1.807, 2.05) is 48.5 Å². The molecule has 6 heteroatoms. The highest BCUT2D eigenvalue weighted by atomic mass is 16.7. The summed E-state index contributed by atoms with van der Waals surface area (Å²) in [6.45, 7) is 3.03. The Hall–Kier alpha value is -2.86. The Balaban J connectivity index is 1.50. The molecule has 1 amide bonds. The molecule has 142 valence electrons. The maximum absolute atomic E-state index is 12.5. The Kier molecular flexibility index (Phi) is 6.82. The molecule has 0 fully saturated rings. The van der Waals surface area contributed by atoms with Crippen LogP contribution in [-0.2, 0) is 16.3 Å². The van der Waals surface area contributed by atoms with E-state index in [9.17, 15) is 4.79 Å². The van der Waals surface area contributed by atoms with Crippen LogP contribution in [0.2, 0.25) is 0 Å². The Morgan fingerprint density at radius 2 is 1.96 bits per heavy atom. The van der Waals surface area contributed by atoms with Crippen molar-refractivity contribution < 1.29 is 14.5 Å². The van der Waals surface area contributed by atoms with Crippen LogP contribution in [0.25, 0.3) is 0 Å². The van der Waals surface area contributed by atoms with Crippen LogP contribution in [-0.4, -0.2) is 24.3 Å². The van der Waals surface area contributed by atoms with E-state index in [4.69, 9.17) is 9.68 Å². The number of nitrogens with zero attached hydrogens (tertiary/aromatic N) is 1. The third-order valence-electron chi connectivity index (χ3n) is 4.27. The van der Waals surface area contributed by atoms with Crippen molar-refractivity contribution in [3.05, 3.63) is 65.7 Å². The van der Waals surface area contributed by atoms with Gasteiger partial charge in [0.1, 0.15) is 6.10 Å². The summed E-state index contributed by atoms with van der Waals surface area (Å²) in [5.74, 6) is -0.288. The Bertz CT molecular complexity index is 777. The molecule has 0 saturated carbocycles. The van der Waals surface area contributed by atoms with Crippen molar-refractivity contribution >= 4 is 17.3 Å². The molecular formula is C21H25N3O3. The van der Waals surface area contributed by atoms with Gasteiger partial charge in [0.05, 0.1) is 24.4 Å². The number of hydroxylamine groups is 1. The van der Waals surface area contributed by atoms with Crippen molar-refractivity contribution in [1.82, 2.24) is 5.48 Å². The van der Waals surface area contributed by atoms with Crippen LogP contribution in [0.15, 0.2) is 59.8 Å². The molecular weight excluding hydrogens is 342 g/mol. The summed E-state index contributed by atoms with van der Waals surface area (Å²) in [4.78, 5) is 23.3. The second kappa shape index (κ2) is 9.73. The maximum Gasteiger partial charge on any atom is 0.276 e. The molecule has 2 aromatic carbocycles. The first-order chi connectivity index (χ1) is 13.3. The fourth-order valence-electron chi connectivity index (χ4n) is 2.91. The molecule has 0 saturated heterocycles. The number of carbonyl (C=O) groups excluding carboxylic acids is 1. The van der Waals surface area contributed by atoms with E-state index in [2.05, 4.69) is 22.9 Å². The molecule has 27 heavy (non-hydrogen) atoms. The quantitative estimate of drug-likeness (QED) is 0.659. The molecule has 0 aromatic heterocycles. The molecule has 1 heterocycles. The van der Waals surface area contributed by atoms with Crippen molar-refractivity contribution in [3.8, 4) is 0 Å². The summed E-state index contributed by atoms with van der Waals surface area (Å²) < 4.78 is 0. The number of hydrogen-bond donors (Lipinski definition) is 2. The third kappa shape index (κ3) is 5.56. The number of benzene rings is 2. The fraction of sp³-hybridized carbons (Fsp3) is 0.333. The normalized spacial score (nSPS) is 15.7. The minimum absolute atomic E-state index is 0.00278. The molecule has 0 aliphatic carbocycles. The highest BCUT2D eigenvalue weighted by Gasteiger charge is 2.21. The molecule has 1 aliphatic heterocycles. The van der Waals surface area contributed by atoms with Crippen LogP contribution in [0.3, 0.4) is 0 Å². The summed E-state index contributed by atoms with van der Waals surface area (Å²) in [7, 11) is 0. The highest BCUT2D eigenvalue weighted by molar-refractivity contribution is 5.99. The van der Waals surface area contributed by atoms with Gasteiger partial charge in [-0.25, -0.2) is 5.48 Å². The number of carbonyl (C=O) groups is 1. The summed E-state index contributed by atoms with van der Waals surface area (Å²) >= 11 is 0. The second-order valence-electron chi connectivity index (χ2n) is 6.47. The molecule has 6 nitrogen and oxygen atoms in total.